The van der Waals surface area contributed by atoms with Crippen molar-refractivity contribution in [1.29, 1.82) is 0 Å². The van der Waals surface area contributed by atoms with Gasteiger partial charge in [0.1, 0.15) is 0 Å². The first-order valence-electron chi connectivity index (χ1n) is 7.42. The molecule has 1 aliphatic rings. The van der Waals surface area contributed by atoms with Crippen molar-refractivity contribution >= 4 is 5.91 Å². The van der Waals surface area contributed by atoms with Gasteiger partial charge in [0.15, 0.2) is 0 Å². The highest BCUT2D eigenvalue weighted by Crippen LogP contribution is 2.16. The van der Waals surface area contributed by atoms with Gasteiger partial charge in [-0.2, -0.15) is 0 Å². The van der Waals surface area contributed by atoms with E-state index in [4.69, 9.17) is 5.73 Å². The average Bonchev–Trinajstić information content (AvgIpc) is 2.78. The lowest BCUT2D eigenvalue weighted by atomic mass is 10.1. The number of carbonyl (C=O) groups is 1. The van der Waals surface area contributed by atoms with E-state index >= 15 is 0 Å². The molecular weight excluding hydrogens is 240 g/mol. The zero-order valence-electron chi connectivity index (χ0n) is 12.7. The number of likely N-dealkylation sites (tertiary alicyclic amines) is 1. The van der Waals surface area contributed by atoms with Gasteiger partial charge in [0.2, 0.25) is 5.91 Å². The molecule has 1 rings (SSSR count). The Morgan fingerprint density at radius 1 is 1.58 bits per heavy atom. The molecule has 2 atom stereocenters. The molecule has 0 saturated carbocycles. The summed E-state index contributed by atoms with van der Waals surface area (Å²) in [5.41, 5.74) is 5.82. The SMILES string of the molecule is CCCNC(=O)CC(CN)N(C)CC1CCN(C)C1. The molecule has 0 radical (unpaired) electrons. The Morgan fingerprint density at radius 2 is 2.32 bits per heavy atom. The van der Waals surface area contributed by atoms with Crippen LogP contribution in [0.4, 0.5) is 0 Å². The maximum atomic E-state index is 11.8. The van der Waals surface area contributed by atoms with Crippen molar-refractivity contribution in [1.82, 2.24) is 15.1 Å². The Bertz CT molecular complexity index is 272. The second kappa shape index (κ2) is 8.51. The first kappa shape index (κ1) is 16.4. The predicted molar refractivity (Wildman–Crippen MR) is 79.0 cm³/mol. The lowest BCUT2D eigenvalue weighted by Crippen LogP contribution is -2.44. The van der Waals surface area contributed by atoms with Crippen molar-refractivity contribution < 1.29 is 4.79 Å². The van der Waals surface area contributed by atoms with Crippen molar-refractivity contribution in [3.05, 3.63) is 0 Å². The van der Waals surface area contributed by atoms with Crippen LogP contribution >= 0.6 is 0 Å². The van der Waals surface area contributed by atoms with E-state index in [1.165, 1.54) is 13.0 Å². The van der Waals surface area contributed by atoms with Crippen LogP contribution in [0.3, 0.4) is 0 Å². The van der Waals surface area contributed by atoms with Gasteiger partial charge < -0.3 is 20.9 Å². The minimum absolute atomic E-state index is 0.118. The topological polar surface area (TPSA) is 61.6 Å². The van der Waals surface area contributed by atoms with Crippen molar-refractivity contribution in [2.45, 2.75) is 32.2 Å². The highest BCUT2D eigenvalue weighted by molar-refractivity contribution is 5.76. The molecule has 1 saturated heterocycles. The number of carbonyl (C=O) groups excluding carboxylic acids is 1. The fourth-order valence-electron chi connectivity index (χ4n) is 2.70. The Kier molecular flexibility index (Phi) is 7.34. The zero-order chi connectivity index (χ0) is 14.3. The van der Waals surface area contributed by atoms with Crippen LogP contribution in [0, 0.1) is 5.92 Å². The van der Waals surface area contributed by atoms with Gasteiger partial charge in [-0.25, -0.2) is 0 Å². The van der Waals surface area contributed by atoms with E-state index in [9.17, 15) is 4.79 Å². The summed E-state index contributed by atoms with van der Waals surface area (Å²) in [6.07, 6.45) is 2.74. The second-order valence-electron chi connectivity index (χ2n) is 5.80. The number of hydrogen-bond donors (Lipinski definition) is 2. The molecule has 1 fully saturated rings. The molecule has 1 aliphatic heterocycles. The van der Waals surface area contributed by atoms with Gasteiger partial charge in [0.25, 0.3) is 0 Å². The Labute approximate surface area is 117 Å². The van der Waals surface area contributed by atoms with Crippen molar-refractivity contribution in [2.75, 3.05) is 46.8 Å². The molecule has 0 aromatic carbocycles. The van der Waals surface area contributed by atoms with E-state index in [2.05, 4.69) is 36.1 Å². The van der Waals surface area contributed by atoms with Crippen LogP contribution in [0.15, 0.2) is 0 Å². The molecule has 3 N–H and O–H groups in total. The van der Waals surface area contributed by atoms with Crippen molar-refractivity contribution in [3.63, 3.8) is 0 Å². The van der Waals surface area contributed by atoms with Crippen molar-refractivity contribution in [3.8, 4) is 0 Å². The molecule has 0 aromatic rings. The number of nitrogens with one attached hydrogen (secondary N) is 1. The molecule has 1 heterocycles. The third-order valence-corrected chi connectivity index (χ3v) is 3.92. The molecule has 112 valence electrons. The first-order valence-corrected chi connectivity index (χ1v) is 7.42. The smallest absolute Gasteiger partial charge is 0.221 e. The highest BCUT2D eigenvalue weighted by Gasteiger charge is 2.24. The summed E-state index contributed by atoms with van der Waals surface area (Å²) in [6.45, 7) is 6.73. The summed E-state index contributed by atoms with van der Waals surface area (Å²) >= 11 is 0. The van der Waals surface area contributed by atoms with Gasteiger partial charge in [-0.3, -0.25) is 4.79 Å². The van der Waals surface area contributed by atoms with Gasteiger partial charge in [0.05, 0.1) is 0 Å². The number of nitrogens with two attached hydrogens (primary N) is 1. The highest BCUT2D eigenvalue weighted by atomic mass is 16.1. The quantitative estimate of drug-likeness (QED) is 0.657. The van der Waals surface area contributed by atoms with E-state index in [1.807, 2.05) is 0 Å². The Hall–Kier alpha value is -0.650. The van der Waals surface area contributed by atoms with E-state index in [1.54, 1.807) is 0 Å². The third kappa shape index (κ3) is 5.89. The van der Waals surface area contributed by atoms with Gasteiger partial charge in [-0.15, -0.1) is 0 Å². The molecule has 19 heavy (non-hydrogen) atoms. The molecular formula is C14H30N4O. The maximum absolute atomic E-state index is 11.8. The van der Waals surface area contributed by atoms with E-state index in [0.717, 1.165) is 26.1 Å². The van der Waals surface area contributed by atoms with E-state index < -0.39 is 0 Å². The van der Waals surface area contributed by atoms with Crippen LogP contribution in [0.25, 0.3) is 0 Å². The number of hydrogen-bond acceptors (Lipinski definition) is 4. The summed E-state index contributed by atoms with van der Waals surface area (Å²) in [6, 6.07) is 0.155. The molecule has 1 amide bonds. The summed E-state index contributed by atoms with van der Waals surface area (Å²) in [5.74, 6) is 0.829. The predicted octanol–water partition coefficient (Wildman–Crippen LogP) is 0.114. The van der Waals surface area contributed by atoms with Gasteiger partial charge in [-0.05, 0) is 39.4 Å². The summed E-state index contributed by atoms with van der Waals surface area (Å²) in [7, 11) is 4.25. The van der Waals surface area contributed by atoms with E-state index in [-0.39, 0.29) is 11.9 Å². The third-order valence-electron chi connectivity index (χ3n) is 3.92. The first-order chi connectivity index (χ1) is 9.06. The van der Waals surface area contributed by atoms with Gasteiger partial charge in [-0.1, -0.05) is 6.92 Å². The lowest BCUT2D eigenvalue weighted by Gasteiger charge is -2.29. The number of amides is 1. The molecule has 2 unspecified atom stereocenters. The normalized spacial score (nSPS) is 21.8. The maximum Gasteiger partial charge on any atom is 0.221 e. The van der Waals surface area contributed by atoms with Crippen LogP contribution in [-0.2, 0) is 4.79 Å². The average molecular weight is 270 g/mol. The summed E-state index contributed by atoms with van der Waals surface area (Å²) in [4.78, 5) is 16.4. The number of nitrogens with zero attached hydrogens (tertiary/aromatic N) is 2. The fourth-order valence-corrected chi connectivity index (χ4v) is 2.70. The largest absolute Gasteiger partial charge is 0.356 e. The molecule has 5 heteroatoms. The zero-order valence-corrected chi connectivity index (χ0v) is 12.7. The van der Waals surface area contributed by atoms with E-state index in [0.29, 0.717) is 18.9 Å². The van der Waals surface area contributed by atoms with Crippen LogP contribution in [-0.4, -0.2) is 68.6 Å². The molecule has 5 nitrogen and oxygen atoms in total. The van der Waals surface area contributed by atoms with Gasteiger partial charge in [0, 0.05) is 38.6 Å². The summed E-state index contributed by atoms with van der Waals surface area (Å²) in [5, 5.41) is 2.92. The summed E-state index contributed by atoms with van der Waals surface area (Å²) < 4.78 is 0. The lowest BCUT2D eigenvalue weighted by molar-refractivity contribution is -0.122. The standard InChI is InChI=1S/C14H30N4O/c1-4-6-16-14(19)8-13(9-15)18(3)11-12-5-7-17(2)10-12/h12-13H,4-11,15H2,1-3H3,(H,16,19). The van der Waals surface area contributed by atoms with Crippen LogP contribution in [0.5, 0.6) is 0 Å². The molecule has 0 spiro atoms. The van der Waals surface area contributed by atoms with Crippen LogP contribution < -0.4 is 11.1 Å². The van der Waals surface area contributed by atoms with Crippen LogP contribution in [0.2, 0.25) is 0 Å². The van der Waals surface area contributed by atoms with Gasteiger partial charge >= 0.3 is 0 Å². The number of rotatable bonds is 8. The molecule has 0 bridgehead atoms. The monoisotopic (exact) mass is 270 g/mol. The number of likely N-dealkylation sites (N-methyl/N-ethyl adjacent to an activating group) is 1. The fraction of sp³-hybridized carbons (Fsp3) is 0.929. The minimum Gasteiger partial charge on any atom is -0.356 e. The Balaban J connectivity index is 2.34. The van der Waals surface area contributed by atoms with Crippen LogP contribution in [0.1, 0.15) is 26.2 Å². The van der Waals surface area contributed by atoms with Crippen molar-refractivity contribution in [2.24, 2.45) is 11.7 Å². The Morgan fingerprint density at radius 3 is 2.84 bits per heavy atom. The second-order valence-corrected chi connectivity index (χ2v) is 5.80. The molecule has 0 aliphatic carbocycles. The minimum atomic E-state index is 0.118. The molecule has 0 aromatic heterocycles.